The van der Waals surface area contributed by atoms with Crippen molar-refractivity contribution in [2.45, 2.75) is 11.8 Å². The number of sulfonamides is 1. The van der Waals surface area contributed by atoms with Crippen LogP contribution in [0.1, 0.15) is 17.3 Å². The number of rotatable bonds is 6. The van der Waals surface area contributed by atoms with Crippen LogP contribution in [0.3, 0.4) is 0 Å². The molecule has 0 atom stereocenters. The van der Waals surface area contributed by atoms with E-state index in [-0.39, 0.29) is 22.0 Å². The summed E-state index contributed by atoms with van der Waals surface area (Å²) in [6, 6.07) is 6.98. The van der Waals surface area contributed by atoms with Crippen molar-refractivity contribution in [2.24, 2.45) is 0 Å². The fourth-order valence-electron chi connectivity index (χ4n) is 1.92. The summed E-state index contributed by atoms with van der Waals surface area (Å²) in [5.74, 6) is -0.0182. The predicted octanol–water partition coefficient (Wildman–Crippen LogP) is 2.29. The van der Waals surface area contributed by atoms with Crippen molar-refractivity contribution in [3.05, 3.63) is 47.1 Å². The summed E-state index contributed by atoms with van der Waals surface area (Å²) in [5.41, 5.74) is 0.131. The molecule has 24 heavy (non-hydrogen) atoms. The third-order valence-corrected chi connectivity index (χ3v) is 4.61. The Kier molecular flexibility index (Phi) is 5.63. The van der Waals surface area contributed by atoms with Gasteiger partial charge < -0.3 is 10.1 Å². The van der Waals surface area contributed by atoms with Crippen LogP contribution in [-0.2, 0) is 10.0 Å². The van der Waals surface area contributed by atoms with Gasteiger partial charge in [0.1, 0.15) is 11.6 Å². The quantitative estimate of drug-likeness (QED) is 0.814. The zero-order valence-electron chi connectivity index (χ0n) is 13.0. The van der Waals surface area contributed by atoms with Crippen molar-refractivity contribution >= 4 is 33.3 Å². The Morgan fingerprint density at radius 2 is 2.04 bits per heavy atom. The lowest BCUT2D eigenvalue weighted by molar-refractivity contribution is 0.0952. The van der Waals surface area contributed by atoms with E-state index in [0.29, 0.717) is 11.6 Å². The molecule has 0 unspecified atom stereocenters. The van der Waals surface area contributed by atoms with Crippen LogP contribution >= 0.6 is 11.6 Å². The second-order valence-electron chi connectivity index (χ2n) is 4.69. The highest BCUT2D eigenvalue weighted by molar-refractivity contribution is 7.92. The molecule has 0 radical (unpaired) electrons. The maximum absolute atomic E-state index is 12.5. The molecule has 9 heteroatoms. The molecule has 1 heterocycles. The summed E-state index contributed by atoms with van der Waals surface area (Å²) in [6.07, 6.45) is 1.33. The van der Waals surface area contributed by atoms with Crippen LogP contribution in [-0.4, -0.2) is 33.0 Å². The molecule has 128 valence electrons. The Morgan fingerprint density at radius 3 is 2.62 bits per heavy atom. The zero-order chi connectivity index (χ0) is 17.7. The number of nitrogens with one attached hydrogen (secondary N) is 2. The van der Waals surface area contributed by atoms with Gasteiger partial charge in [-0.05, 0) is 37.3 Å². The van der Waals surface area contributed by atoms with Crippen LogP contribution in [0.4, 0.5) is 5.82 Å². The van der Waals surface area contributed by atoms with Gasteiger partial charge in [0.2, 0.25) is 0 Å². The summed E-state index contributed by atoms with van der Waals surface area (Å²) in [7, 11) is -2.51. The van der Waals surface area contributed by atoms with Crippen molar-refractivity contribution in [2.75, 3.05) is 18.4 Å². The molecule has 2 N–H and O–H groups in total. The fourth-order valence-corrected chi connectivity index (χ4v) is 3.07. The fraction of sp³-hybridized carbons (Fsp3) is 0.200. The molecule has 0 aliphatic rings. The van der Waals surface area contributed by atoms with E-state index in [9.17, 15) is 13.2 Å². The van der Waals surface area contributed by atoms with Crippen LogP contribution in [0, 0.1) is 0 Å². The third kappa shape index (κ3) is 4.15. The van der Waals surface area contributed by atoms with Crippen molar-refractivity contribution in [3.8, 4) is 5.75 Å². The first-order valence-corrected chi connectivity index (χ1v) is 8.84. The lowest BCUT2D eigenvalue weighted by Gasteiger charge is -2.12. The average Bonchev–Trinajstić information content (AvgIpc) is 2.56. The van der Waals surface area contributed by atoms with Crippen LogP contribution in [0.25, 0.3) is 0 Å². The molecular weight excluding hydrogens is 354 g/mol. The van der Waals surface area contributed by atoms with Gasteiger partial charge in [0.15, 0.2) is 0 Å². The highest BCUT2D eigenvalue weighted by Crippen LogP contribution is 2.24. The number of aromatic nitrogens is 1. The van der Waals surface area contributed by atoms with E-state index in [1.54, 1.807) is 6.92 Å². The minimum absolute atomic E-state index is 0.0821. The maximum atomic E-state index is 12.5. The normalized spacial score (nSPS) is 11.0. The number of hydrogen-bond donors (Lipinski definition) is 2. The molecule has 0 saturated carbocycles. The van der Waals surface area contributed by atoms with Crippen molar-refractivity contribution in [3.63, 3.8) is 0 Å². The largest absolute Gasteiger partial charge is 0.496 e. The van der Waals surface area contributed by atoms with Crippen LogP contribution in [0.2, 0.25) is 5.02 Å². The Labute approximate surface area is 145 Å². The topological polar surface area (TPSA) is 97.4 Å². The molecule has 0 aliphatic carbocycles. The summed E-state index contributed by atoms with van der Waals surface area (Å²) in [6.45, 7) is 2.17. The minimum Gasteiger partial charge on any atom is -0.496 e. The molecule has 0 aliphatic heterocycles. The molecule has 1 aromatic carbocycles. The number of pyridine rings is 1. The summed E-state index contributed by atoms with van der Waals surface area (Å²) < 4.78 is 32.4. The molecular formula is C15H16ClN3O4S. The van der Waals surface area contributed by atoms with E-state index in [4.69, 9.17) is 16.3 Å². The summed E-state index contributed by atoms with van der Waals surface area (Å²) in [5, 5.41) is 3.00. The van der Waals surface area contributed by atoms with Gasteiger partial charge in [-0.15, -0.1) is 0 Å². The third-order valence-electron chi connectivity index (χ3n) is 3.03. The first kappa shape index (κ1) is 18.0. The molecule has 2 rings (SSSR count). The van der Waals surface area contributed by atoms with E-state index in [0.717, 1.165) is 0 Å². The zero-order valence-corrected chi connectivity index (χ0v) is 14.6. The lowest BCUT2D eigenvalue weighted by atomic mass is 10.2. The maximum Gasteiger partial charge on any atom is 0.263 e. The predicted molar refractivity (Wildman–Crippen MR) is 91.1 cm³/mol. The smallest absolute Gasteiger partial charge is 0.263 e. The average molecular weight is 370 g/mol. The van der Waals surface area contributed by atoms with Gasteiger partial charge in [-0.3, -0.25) is 9.52 Å². The van der Waals surface area contributed by atoms with Crippen LogP contribution in [0.15, 0.2) is 41.4 Å². The number of carbonyl (C=O) groups excluding carboxylic acids is 1. The SMILES string of the molecule is CCNC(=O)c1cc(S(=O)(=O)Nc2ccc(Cl)cn2)ccc1OC. The molecule has 0 saturated heterocycles. The van der Waals surface area contributed by atoms with Crippen molar-refractivity contribution < 1.29 is 17.9 Å². The first-order valence-electron chi connectivity index (χ1n) is 6.98. The number of amides is 1. The second kappa shape index (κ2) is 7.50. The number of benzene rings is 1. The number of methoxy groups -OCH3 is 1. The molecule has 1 aromatic heterocycles. The molecule has 7 nitrogen and oxygen atoms in total. The van der Waals surface area contributed by atoms with Gasteiger partial charge in [-0.1, -0.05) is 11.6 Å². The number of halogens is 1. The van der Waals surface area contributed by atoms with Gasteiger partial charge in [0.25, 0.3) is 15.9 Å². The second-order valence-corrected chi connectivity index (χ2v) is 6.81. The number of ether oxygens (including phenoxy) is 1. The van der Waals surface area contributed by atoms with Gasteiger partial charge in [-0.25, -0.2) is 13.4 Å². The van der Waals surface area contributed by atoms with E-state index in [1.807, 2.05) is 0 Å². The monoisotopic (exact) mass is 369 g/mol. The molecule has 1 amide bonds. The summed E-state index contributed by atoms with van der Waals surface area (Å²) in [4.78, 5) is 15.9. The minimum atomic E-state index is -3.91. The Balaban J connectivity index is 2.37. The van der Waals surface area contributed by atoms with E-state index >= 15 is 0 Å². The van der Waals surface area contributed by atoms with Crippen molar-refractivity contribution in [1.82, 2.24) is 10.3 Å². The molecule has 2 aromatic rings. The summed E-state index contributed by atoms with van der Waals surface area (Å²) >= 11 is 5.72. The van der Waals surface area contributed by atoms with E-state index in [2.05, 4.69) is 15.0 Å². The highest BCUT2D eigenvalue weighted by Gasteiger charge is 2.20. The van der Waals surface area contributed by atoms with Crippen LogP contribution in [0.5, 0.6) is 5.75 Å². The van der Waals surface area contributed by atoms with Crippen molar-refractivity contribution in [1.29, 1.82) is 0 Å². The molecule has 0 bridgehead atoms. The lowest BCUT2D eigenvalue weighted by Crippen LogP contribution is -2.24. The van der Waals surface area contributed by atoms with Gasteiger partial charge in [0, 0.05) is 12.7 Å². The Hall–Kier alpha value is -2.32. The first-order chi connectivity index (χ1) is 11.4. The highest BCUT2D eigenvalue weighted by atomic mass is 35.5. The van der Waals surface area contributed by atoms with E-state index in [1.165, 1.54) is 43.6 Å². The molecule has 0 fully saturated rings. The number of hydrogen-bond acceptors (Lipinski definition) is 5. The number of carbonyl (C=O) groups is 1. The van der Waals surface area contributed by atoms with E-state index < -0.39 is 15.9 Å². The number of anilines is 1. The van der Waals surface area contributed by atoms with Crippen LogP contribution < -0.4 is 14.8 Å². The van der Waals surface area contributed by atoms with Gasteiger partial charge in [0.05, 0.1) is 22.6 Å². The Bertz CT molecular complexity index is 838. The van der Waals surface area contributed by atoms with Gasteiger partial charge >= 0.3 is 0 Å². The Morgan fingerprint density at radius 1 is 1.29 bits per heavy atom. The standard InChI is InChI=1S/C15H16ClN3O4S/c1-3-17-15(20)12-8-11(5-6-13(12)23-2)24(21,22)19-14-7-4-10(16)9-18-14/h4-9H,3H2,1-2H3,(H,17,20)(H,18,19). The molecule has 0 spiro atoms. The number of nitrogens with zero attached hydrogens (tertiary/aromatic N) is 1. The van der Waals surface area contributed by atoms with Gasteiger partial charge in [-0.2, -0.15) is 0 Å².